The van der Waals surface area contributed by atoms with Gasteiger partial charge in [-0.05, 0) is 31.2 Å². The first kappa shape index (κ1) is 22.9. The maximum absolute atomic E-state index is 14.9. The minimum atomic E-state index is -0.787. The molecule has 1 aliphatic rings. The van der Waals surface area contributed by atoms with E-state index in [1.807, 2.05) is 0 Å². The molecule has 34 heavy (non-hydrogen) atoms. The highest BCUT2D eigenvalue weighted by Gasteiger charge is 2.33. The second kappa shape index (κ2) is 9.69. The van der Waals surface area contributed by atoms with Crippen LogP contribution in [0.1, 0.15) is 30.8 Å². The van der Waals surface area contributed by atoms with Crippen LogP contribution in [-0.4, -0.2) is 52.3 Å². The minimum absolute atomic E-state index is 0.0799. The number of cyclic esters (lactones) is 1. The number of carbonyl (C=O) groups is 3. The van der Waals surface area contributed by atoms with Crippen molar-refractivity contribution >= 4 is 23.7 Å². The van der Waals surface area contributed by atoms with Gasteiger partial charge in [-0.25, -0.2) is 19.0 Å². The standard InChI is InChI=1S/C23H22FN5O5/c1-3-19(30)28-20-12-29(23(32)34-20)14-6-7-15(16(24)9-14)13-5-8-17(25-10-13)21-26-11-18(27-21)22(31)33-4-2/h5-11,20H,3-4,12H2,1-2H3,(H,26,27)(H,28,30). The van der Waals surface area contributed by atoms with E-state index >= 15 is 0 Å². The summed E-state index contributed by atoms with van der Waals surface area (Å²) in [7, 11) is 0. The summed E-state index contributed by atoms with van der Waals surface area (Å²) in [6, 6.07) is 7.68. The number of imidazole rings is 1. The van der Waals surface area contributed by atoms with Crippen LogP contribution in [0.5, 0.6) is 0 Å². The van der Waals surface area contributed by atoms with Crippen molar-refractivity contribution in [3.8, 4) is 22.6 Å². The molecular formula is C23H22FN5O5. The van der Waals surface area contributed by atoms with E-state index in [0.29, 0.717) is 22.8 Å². The summed E-state index contributed by atoms with van der Waals surface area (Å²) < 4.78 is 25.0. The van der Waals surface area contributed by atoms with E-state index in [0.717, 1.165) is 0 Å². The largest absolute Gasteiger partial charge is 0.461 e. The van der Waals surface area contributed by atoms with Crippen LogP contribution >= 0.6 is 0 Å². The number of esters is 1. The number of hydrogen-bond acceptors (Lipinski definition) is 7. The second-order valence-electron chi connectivity index (χ2n) is 7.36. The van der Waals surface area contributed by atoms with Gasteiger partial charge in [0.2, 0.25) is 5.91 Å². The molecule has 0 aliphatic carbocycles. The summed E-state index contributed by atoms with van der Waals surface area (Å²) in [5.41, 5.74) is 1.73. The molecule has 0 spiro atoms. The lowest BCUT2D eigenvalue weighted by Gasteiger charge is -2.14. The number of nitrogens with zero attached hydrogens (tertiary/aromatic N) is 3. The molecule has 1 atom stereocenters. The van der Waals surface area contributed by atoms with E-state index in [1.54, 1.807) is 38.1 Å². The quantitative estimate of drug-likeness (QED) is 0.511. The van der Waals surface area contributed by atoms with E-state index in [2.05, 4.69) is 20.3 Å². The van der Waals surface area contributed by atoms with E-state index < -0.39 is 24.1 Å². The van der Waals surface area contributed by atoms with E-state index in [1.165, 1.54) is 23.4 Å². The Morgan fingerprint density at radius 2 is 2.12 bits per heavy atom. The number of ether oxygens (including phenoxy) is 2. The van der Waals surface area contributed by atoms with Gasteiger partial charge < -0.3 is 19.8 Å². The van der Waals surface area contributed by atoms with Crippen LogP contribution in [-0.2, 0) is 14.3 Å². The van der Waals surface area contributed by atoms with Crippen LogP contribution in [0.15, 0.2) is 42.7 Å². The smallest absolute Gasteiger partial charge is 0.416 e. The zero-order valence-electron chi connectivity index (χ0n) is 18.5. The van der Waals surface area contributed by atoms with Crippen molar-refractivity contribution in [2.75, 3.05) is 18.1 Å². The van der Waals surface area contributed by atoms with Crippen LogP contribution in [0.2, 0.25) is 0 Å². The van der Waals surface area contributed by atoms with Crippen LogP contribution in [0.4, 0.5) is 14.9 Å². The fourth-order valence-electron chi connectivity index (χ4n) is 3.39. The van der Waals surface area contributed by atoms with Crippen LogP contribution < -0.4 is 10.2 Å². The fourth-order valence-corrected chi connectivity index (χ4v) is 3.39. The van der Waals surface area contributed by atoms with E-state index in [4.69, 9.17) is 9.47 Å². The number of rotatable bonds is 7. The Morgan fingerprint density at radius 1 is 1.29 bits per heavy atom. The minimum Gasteiger partial charge on any atom is -0.461 e. The molecule has 2 amide bonds. The summed E-state index contributed by atoms with van der Waals surface area (Å²) >= 11 is 0. The fraction of sp³-hybridized carbons (Fsp3) is 0.261. The molecule has 1 unspecified atom stereocenters. The molecule has 2 N–H and O–H groups in total. The molecule has 0 bridgehead atoms. The molecule has 0 saturated carbocycles. The average Bonchev–Trinajstić information content (AvgIpc) is 3.46. The second-order valence-corrected chi connectivity index (χ2v) is 7.36. The Labute approximate surface area is 194 Å². The zero-order valence-corrected chi connectivity index (χ0v) is 18.5. The van der Waals surface area contributed by atoms with Gasteiger partial charge in [-0.3, -0.25) is 14.7 Å². The van der Waals surface area contributed by atoms with Gasteiger partial charge in [0.25, 0.3) is 0 Å². The van der Waals surface area contributed by atoms with Crippen LogP contribution in [0.3, 0.4) is 0 Å². The van der Waals surface area contributed by atoms with Crippen LogP contribution in [0, 0.1) is 5.82 Å². The molecule has 11 heteroatoms. The number of H-pyrrole nitrogens is 1. The average molecular weight is 467 g/mol. The maximum Gasteiger partial charge on any atom is 0.416 e. The van der Waals surface area contributed by atoms with Gasteiger partial charge in [0.05, 0.1) is 18.8 Å². The lowest BCUT2D eigenvalue weighted by Crippen LogP contribution is -2.37. The summed E-state index contributed by atoms with van der Waals surface area (Å²) in [5.74, 6) is -0.959. The molecule has 1 aliphatic heterocycles. The molecule has 1 fully saturated rings. The number of hydrogen-bond donors (Lipinski definition) is 2. The van der Waals surface area contributed by atoms with Crippen molar-refractivity contribution in [2.45, 2.75) is 26.5 Å². The van der Waals surface area contributed by atoms with E-state index in [9.17, 15) is 18.8 Å². The van der Waals surface area contributed by atoms with E-state index in [-0.39, 0.29) is 36.7 Å². The van der Waals surface area contributed by atoms with Gasteiger partial charge in [-0.2, -0.15) is 0 Å². The predicted molar refractivity (Wildman–Crippen MR) is 119 cm³/mol. The molecule has 3 heterocycles. The van der Waals surface area contributed by atoms with Gasteiger partial charge in [-0.1, -0.05) is 13.0 Å². The number of nitrogens with one attached hydrogen (secondary N) is 2. The number of amides is 2. The van der Waals surface area contributed by atoms with Crippen molar-refractivity contribution < 1.29 is 28.2 Å². The number of anilines is 1. The third-order valence-electron chi connectivity index (χ3n) is 5.10. The maximum atomic E-state index is 14.9. The van der Waals surface area contributed by atoms with Crippen molar-refractivity contribution in [1.29, 1.82) is 0 Å². The Kier molecular flexibility index (Phi) is 6.53. The Morgan fingerprint density at radius 3 is 2.79 bits per heavy atom. The lowest BCUT2D eigenvalue weighted by atomic mass is 10.1. The van der Waals surface area contributed by atoms with Gasteiger partial charge in [0, 0.05) is 29.9 Å². The molecular weight excluding hydrogens is 445 g/mol. The molecule has 10 nitrogen and oxygen atoms in total. The Hall–Kier alpha value is -4.28. The third-order valence-corrected chi connectivity index (χ3v) is 5.10. The number of benzene rings is 1. The number of aromatic amines is 1. The SMILES string of the molecule is CCOC(=O)c1c[nH]c(-c2ccc(-c3ccc(N4CC(NC(=O)CC)OC4=O)cc3F)cn2)n1. The Bertz CT molecular complexity index is 1230. The van der Waals surface area contributed by atoms with Crippen molar-refractivity contribution in [1.82, 2.24) is 20.3 Å². The summed E-state index contributed by atoms with van der Waals surface area (Å²) in [4.78, 5) is 48.1. The first-order valence-corrected chi connectivity index (χ1v) is 10.7. The van der Waals surface area contributed by atoms with Crippen molar-refractivity contribution in [2.24, 2.45) is 0 Å². The molecule has 1 saturated heterocycles. The van der Waals surface area contributed by atoms with Gasteiger partial charge in [0.15, 0.2) is 17.7 Å². The van der Waals surface area contributed by atoms with Gasteiger partial charge in [-0.15, -0.1) is 0 Å². The van der Waals surface area contributed by atoms with Crippen LogP contribution in [0.25, 0.3) is 22.6 Å². The molecule has 1 aromatic carbocycles. The monoisotopic (exact) mass is 467 g/mol. The number of pyridine rings is 1. The van der Waals surface area contributed by atoms with Gasteiger partial charge >= 0.3 is 12.1 Å². The van der Waals surface area contributed by atoms with Gasteiger partial charge in [0.1, 0.15) is 11.5 Å². The normalized spacial score (nSPS) is 15.2. The first-order valence-electron chi connectivity index (χ1n) is 10.7. The zero-order chi connectivity index (χ0) is 24.2. The predicted octanol–water partition coefficient (Wildman–Crippen LogP) is 3.26. The lowest BCUT2D eigenvalue weighted by molar-refractivity contribution is -0.123. The topological polar surface area (TPSA) is 127 Å². The summed E-state index contributed by atoms with van der Waals surface area (Å²) in [5, 5.41) is 2.58. The Balaban J connectivity index is 1.49. The highest BCUT2D eigenvalue weighted by molar-refractivity contribution is 5.91. The number of aromatic nitrogens is 3. The highest BCUT2D eigenvalue weighted by Crippen LogP contribution is 2.29. The number of carbonyl (C=O) groups excluding carboxylic acids is 3. The first-order chi connectivity index (χ1) is 16.4. The summed E-state index contributed by atoms with van der Waals surface area (Å²) in [6.45, 7) is 3.72. The van der Waals surface area contributed by atoms with Crippen molar-refractivity contribution in [3.63, 3.8) is 0 Å². The highest BCUT2D eigenvalue weighted by atomic mass is 19.1. The molecule has 3 aromatic rings. The summed E-state index contributed by atoms with van der Waals surface area (Å²) in [6.07, 6.45) is 1.73. The molecule has 4 rings (SSSR count). The molecule has 2 aromatic heterocycles. The van der Waals surface area contributed by atoms with Crippen molar-refractivity contribution in [3.05, 3.63) is 54.2 Å². The molecule has 176 valence electrons. The molecule has 0 radical (unpaired) electrons. The number of halogens is 1. The third kappa shape index (κ3) is 4.72.